The van der Waals surface area contributed by atoms with Gasteiger partial charge >= 0.3 is 0 Å². The molecular weight excluding hydrogens is 244 g/mol. The summed E-state index contributed by atoms with van der Waals surface area (Å²) in [6.07, 6.45) is 2.37. The molecule has 6 heteroatoms. The average molecular weight is 264 g/mol. The summed E-state index contributed by atoms with van der Waals surface area (Å²) in [6.45, 7) is 5.17. The number of amides is 1. The van der Waals surface area contributed by atoms with Crippen molar-refractivity contribution in [3.63, 3.8) is 0 Å². The summed E-state index contributed by atoms with van der Waals surface area (Å²) in [7, 11) is 0. The molecule has 1 amide bonds. The van der Waals surface area contributed by atoms with Crippen LogP contribution in [0.1, 0.15) is 30.3 Å². The van der Waals surface area contributed by atoms with Gasteiger partial charge in [-0.2, -0.15) is 0 Å². The molecule has 104 valence electrons. The molecule has 0 aromatic carbocycles. The van der Waals surface area contributed by atoms with E-state index in [4.69, 9.17) is 4.74 Å². The highest BCUT2D eigenvalue weighted by atomic mass is 16.5. The van der Waals surface area contributed by atoms with Crippen LogP contribution in [0.5, 0.6) is 5.88 Å². The molecule has 1 saturated heterocycles. The van der Waals surface area contributed by atoms with Crippen molar-refractivity contribution < 1.29 is 9.53 Å². The highest BCUT2D eigenvalue weighted by molar-refractivity contribution is 5.91. The van der Waals surface area contributed by atoms with Crippen LogP contribution in [0.25, 0.3) is 0 Å². The van der Waals surface area contributed by atoms with E-state index in [1.54, 1.807) is 12.1 Å². The first-order valence-corrected chi connectivity index (χ1v) is 6.75. The van der Waals surface area contributed by atoms with Gasteiger partial charge in [0.05, 0.1) is 6.61 Å². The smallest absolute Gasteiger partial charge is 0.271 e. The van der Waals surface area contributed by atoms with Crippen molar-refractivity contribution in [2.75, 3.05) is 26.2 Å². The number of carbonyl (C=O) groups excluding carboxylic acids is 1. The zero-order valence-corrected chi connectivity index (χ0v) is 11.2. The van der Waals surface area contributed by atoms with E-state index >= 15 is 0 Å². The molecule has 2 N–H and O–H groups in total. The number of hydrogen-bond acceptors (Lipinski definition) is 5. The molecular formula is C13H20N4O2. The standard InChI is InChI=1S/C13H20N4O2/c1-2-15-13(18)11-5-6-12(17-16-11)19-9-10-4-3-7-14-8-10/h5-6,10,14H,2-4,7-9H2,1H3,(H,15,18). The van der Waals surface area contributed by atoms with Gasteiger partial charge in [-0.05, 0) is 32.4 Å². The summed E-state index contributed by atoms with van der Waals surface area (Å²) in [5.41, 5.74) is 0.313. The quantitative estimate of drug-likeness (QED) is 0.814. The Balaban J connectivity index is 1.82. The number of nitrogens with one attached hydrogen (secondary N) is 2. The molecule has 2 rings (SSSR count). The Hall–Kier alpha value is -1.69. The SMILES string of the molecule is CCNC(=O)c1ccc(OCC2CCCNC2)nn1. The van der Waals surface area contributed by atoms with Crippen LogP contribution in [0.2, 0.25) is 0 Å². The van der Waals surface area contributed by atoms with Gasteiger partial charge < -0.3 is 15.4 Å². The number of piperidine rings is 1. The Labute approximate surface area is 112 Å². The largest absolute Gasteiger partial charge is 0.476 e. The summed E-state index contributed by atoms with van der Waals surface area (Å²) in [5, 5.41) is 13.8. The molecule has 1 atom stereocenters. The fourth-order valence-electron chi connectivity index (χ4n) is 2.04. The minimum absolute atomic E-state index is 0.210. The van der Waals surface area contributed by atoms with E-state index in [0.29, 0.717) is 30.6 Å². The van der Waals surface area contributed by atoms with Crippen LogP contribution in [0.3, 0.4) is 0 Å². The number of hydrogen-bond donors (Lipinski definition) is 2. The Morgan fingerprint density at radius 3 is 3.05 bits per heavy atom. The predicted molar refractivity (Wildman–Crippen MR) is 71.1 cm³/mol. The van der Waals surface area contributed by atoms with Crippen molar-refractivity contribution in [2.24, 2.45) is 5.92 Å². The van der Waals surface area contributed by atoms with Gasteiger partial charge in [-0.25, -0.2) is 0 Å². The van der Waals surface area contributed by atoms with Crippen molar-refractivity contribution >= 4 is 5.91 Å². The normalized spacial score (nSPS) is 18.9. The van der Waals surface area contributed by atoms with Crippen LogP contribution in [0.4, 0.5) is 0 Å². The van der Waals surface area contributed by atoms with Gasteiger partial charge in [0.15, 0.2) is 5.69 Å². The van der Waals surface area contributed by atoms with Crippen molar-refractivity contribution in [2.45, 2.75) is 19.8 Å². The van der Waals surface area contributed by atoms with Crippen molar-refractivity contribution in [1.29, 1.82) is 0 Å². The minimum Gasteiger partial charge on any atom is -0.476 e. The van der Waals surface area contributed by atoms with Gasteiger partial charge in [-0.15, -0.1) is 10.2 Å². The first kappa shape index (κ1) is 13.7. The van der Waals surface area contributed by atoms with Gasteiger partial charge in [0.2, 0.25) is 5.88 Å². The van der Waals surface area contributed by atoms with E-state index in [2.05, 4.69) is 20.8 Å². The Morgan fingerprint density at radius 1 is 1.53 bits per heavy atom. The monoisotopic (exact) mass is 264 g/mol. The lowest BCUT2D eigenvalue weighted by atomic mass is 10.0. The third-order valence-electron chi connectivity index (χ3n) is 3.08. The average Bonchev–Trinajstić information content (AvgIpc) is 2.47. The molecule has 1 aliphatic rings. The summed E-state index contributed by atoms with van der Waals surface area (Å²) < 4.78 is 5.59. The van der Waals surface area contributed by atoms with E-state index in [-0.39, 0.29) is 5.91 Å². The van der Waals surface area contributed by atoms with Crippen molar-refractivity contribution in [3.05, 3.63) is 17.8 Å². The van der Waals surface area contributed by atoms with Crippen LogP contribution in [0, 0.1) is 5.92 Å². The molecule has 1 aromatic heterocycles. The van der Waals surface area contributed by atoms with Gasteiger partial charge in [0.25, 0.3) is 5.91 Å². The molecule has 1 unspecified atom stereocenters. The van der Waals surface area contributed by atoms with Gasteiger partial charge in [-0.3, -0.25) is 4.79 Å². The second kappa shape index (κ2) is 7.04. The molecule has 0 saturated carbocycles. The van der Waals surface area contributed by atoms with Crippen molar-refractivity contribution in [3.8, 4) is 5.88 Å². The minimum atomic E-state index is -0.210. The number of ether oxygens (including phenoxy) is 1. The lowest BCUT2D eigenvalue weighted by molar-refractivity contribution is 0.0949. The maximum absolute atomic E-state index is 11.5. The van der Waals surface area contributed by atoms with E-state index in [1.165, 1.54) is 12.8 Å². The third-order valence-corrected chi connectivity index (χ3v) is 3.08. The fourth-order valence-corrected chi connectivity index (χ4v) is 2.04. The molecule has 1 fully saturated rings. The van der Waals surface area contributed by atoms with Gasteiger partial charge in [-0.1, -0.05) is 0 Å². The molecule has 0 radical (unpaired) electrons. The maximum Gasteiger partial charge on any atom is 0.271 e. The Bertz CT molecular complexity index is 402. The van der Waals surface area contributed by atoms with E-state index in [0.717, 1.165) is 13.1 Å². The predicted octanol–water partition coefficient (Wildman–Crippen LogP) is 0.605. The number of carbonyl (C=O) groups is 1. The second-order valence-electron chi connectivity index (χ2n) is 4.64. The number of rotatable bonds is 5. The first-order valence-electron chi connectivity index (χ1n) is 6.75. The van der Waals surface area contributed by atoms with Crippen molar-refractivity contribution in [1.82, 2.24) is 20.8 Å². The third kappa shape index (κ3) is 4.17. The fraction of sp³-hybridized carbons (Fsp3) is 0.615. The van der Waals surface area contributed by atoms with Crippen LogP contribution >= 0.6 is 0 Å². The lowest BCUT2D eigenvalue weighted by Gasteiger charge is -2.22. The number of nitrogens with zero attached hydrogens (tertiary/aromatic N) is 2. The Morgan fingerprint density at radius 2 is 2.42 bits per heavy atom. The lowest BCUT2D eigenvalue weighted by Crippen LogP contribution is -2.33. The van der Waals surface area contributed by atoms with Crippen LogP contribution in [-0.2, 0) is 0 Å². The molecule has 2 heterocycles. The molecule has 1 aromatic rings. The van der Waals surface area contributed by atoms with Crippen LogP contribution < -0.4 is 15.4 Å². The zero-order chi connectivity index (χ0) is 13.5. The van der Waals surface area contributed by atoms with Crippen LogP contribution in [-0.4, -0.2) is 42.3 Å². The Kier molecular flexibility index (Phi) is 5.09. The molecule has 1 aliphatic heterocycles. The zero-order valence-electron chi connectivity index (χ0n) is 11.2. The summed E-state index contributed by atoms with van der Waals surface area (Å²) in [5.74, 6) is 0.787. The highest BCUT2D eigenvalue weighted by Gasteiger charge is 2.14. The topological polar surface area (TPSA) is 76.1 Å². The maximum atomic E-state index is 11.5. The van der Waals surface area contributed by atoms with E-state index < -0.39 is 0 Å². The molecule has 19 heavy (non-hydrogen) atoms. The molecule has 0 bridgehead atoms. The number of aromatic nitrogens is 2. The van der Waals surface area contributed by atoms with Crippen LogP contribution in [0.15, 0.2) is 12.1 Å². The summed E-state index contributed by atoms with van der Waals surface area (Å²) >= 11 is 0. The second-order valence-corrected chi connectivity index (χ2v) is 4.64. The summed E-state index contributed by atoms with van der Waals surface area (Å²) in [6, 6.07) is 3.32. The molecule has 0 aliphatic carbocycles. The highest BCUT2D eigenvalue weighted by Crippen LogP contribution is 2.12. The summed E-state index contributed by atoms with van der Waals surface area (Å²) in [4.78, 5) is 11.5. The van der Waals surface area contributed by atoms with Gasteiger partial charge in [0, 0.05) is 25.1 Å². The van der Waals surface area contributed by atoms with E-state index in [1.807, 2.05) is 6.92 Å². The first-order chi connectivity index (χ1) is 9.29. The van der Waals surface area contributed by atoms with Gasteiger partial charge in [0.1, 0.15) is 0 Å². The van der Waals surface area contributed by atoms with E-state index in [9.17, 15) is 4.79 Å². The molecule has 6 nitrogen and oxygen atoms in total. The molecule has 0 spiro atoms.